The molecule has 0 saturated heterocycles. The van der Waals surface area contributed by atoms with Crippen LogP contribution in [0.15, 0.2) is 51.1 Å². The lowest BCUT2D eigenvalue weighted by molar-refractivity contribution is 0.311. The fraction of sp³-hybridized carbons (Fsp3) is 0.222. The highest BCUT2D eigenvalue weighted by molar-refractivity contribution is 9.10. The number of nitrogens with one attached hydrogen (secondary N) is 2. The summed E-state index contributed by atoms with van der Waals surface area (Å²) in [6.07, 6.45) is 1.66. The van der Waals surface area contributed by atoms with Gasteiger partial charge in [-0.1, -0.05) is 0 Å². The Hall–Kier alpha value is -2.23. The minimum absolute atomic E-state index is 0.0303. The Kier molecular flexibility index (Phi) is 6.59. The normalized spacial score (nSPS) is 10.7. The number of hydrogen-bond donors (Lipinski definition) is 3. The molecule has 9 heteroatoms. The largest absolute Gasteiger partial charge is 0.395 e. The van der Waals surface area contributed by atoms with Gasteiger partial charge in [0.15, 0.2) is 5.16 Å². The molecule has 0 unspecified atom stereocenters. The highest BCUT2D eigenvalue weighted by atomic mass is 79.9. The monoisotopic (exact) mass is 446 g/mol. The summed E-state index contributed by atoms with van der Waals surface area (Å²) in [4.78, 5) is 18.6. The van der Waals surface area contributed by atoms with Gasteiger partial charge in [-0.15, -0.1) is 0 Å². The number of rotatable bonds is 7. The van der Waals surface area contributed by atoms with Crippen LogP contribution in [-0.2, 0) is 0 Å². The predicted octanol–water partition coefficient (Wildman–Crippen LogP) is 3.94. The summed E-state index contributed by atoms with van der Waals surface area (Å²) >= 11 is 4.91. The van der Waals surface area contributed by atoms with Crippen LogP contribution in [0.2, 0.25) is 0 Å². The van der Waals surface area contributed by atoms with Crippen LogP contribution in [0.1, 0.15) is 11.4 Å². The summed E-state index contributed by atoms with van der Waals surface area (Å²) in [5.74, 6) is 1.09. The molecule has 0 fully saturated rings. The SMILES string of the molecule is Cc1cc(C)nc(Sc2ccc(Nc3ncc(Br)c(NCCO)n3)cc2)n1. The first-order valence-electron chi connectivity index (χ1n) is 8.28. The van der Waals surface area contributed by atoms with Gasteiger partial charge in [0.1, 0.15) is 5.82 Å². The molecule has 1 aromatic carbocycles. The fourth-order valence-corrected chi connectivity index (χ4v) is 3.50. The van der Waals surface area contributed by atoms with Gasteiger partial charge < -0.3 is 15.7 Å². The van der Waals surface area contributed by atoms with E-state index in [-0.39, 0.29) is 6.61 Å². The van der Waals surface area contributed by atoms with E-state index in [1.165, 1.54) is 11.8 Å². The van der Waals surface area contributed by atoms with Crippen molar-refractivity contribution in [2.24, 2.45) is 0 Å². The van der Waals surface area contributed by atoms with Gasteiger partial charge in [0.2, 0.25) is 5.95 Å². The number of nitrogens with zero attached hydrogens (tertiary/aromatic N) is 4. The number of aromatic nitrogens is 4. The van der Waals surface area contributed by atoms with E-state index in [9.17, 15) is 0 Å². The zero-order valence-corrected chi connectivity index (χ0v) is 17.3. The number of benzene rings is 1. The van der Waals surface area contributed by atoms with Gasteiger partial charge in [-0.3, -0.25) is 0 Å². The van der Waals surface area contributed by atoms with E-state index in [1.54, 1.807) is 6.20 Å². The minimum Gasteiger partial charge on any atom is -0.395 e. The molecular weight excluding hydrogens is 428 g/mol. The second kappa shape index (κ2) is 9.12. The molecule has 0 spiro atoms. The third-order valence-electron chi connectivity index (χ3n) is 3.43. The molecule has 140 valence electrons. The lowest BCUT2D eigenvalue weighted by Gasteiger charge is -2.10. The second-order valence-corrected chi connectivity index (χ2v) is 7.62. The highest BCUT2D eigenvalue weighted by Crippen LogP contribution is 2.27. The van der Waals surface area contributed by atoms with Crippen molar-refractivity contribution in [2.45, 2.75) is 23.9 Å². The van der Waals surface area contributed by atoms with Gasteiger partial charge >= 0.3 is 0 Å². The summed E-state index contributed by atoms with van der Waals surface area (Å²) in [6, 6.07) is 9.86. The number of aliphatic hydroxyl groups excluding tert-OH is 1. The standard InChI is InChI=1S/C18H19BrN6OS/c1-11-9-12(2)23-18(22-11)27-14-5-3-13(4-6-14)24-17-21-10-15(19)16(25-17)20-7-8-26/h3-6,9-10,26H,7-8H2,1-2H3,(H2,20,21,24,25). The predicted molar refractivity (Wildman–Crippen MR) is 111 cm³/mol. The number of hydrogen-bond acceptors (Lipinski definition) is 8. The van der Waals surface area contributed by atoms with Crippen LogP contribution in [0.25, 0.3) is 0 Å². The van der Waals surface area contributed by atoms with Crippen molar-refractivity contribution in [3.8, 4) is 0 Å². The van der Waals surface area contributed by atoms with E-state index in [2.05, 4.69) is 46.5 Å². The maximum Gasteiger partial charge on any atom is 0.229 e. The Balaban J connectivity index is 1.68. The first-order chi connectivity index (χ1) is 13.0. The maximum atomic E-state index is 8.94. The van der Waals surface area contributed by atoms with E-state index in [1.807, 2.05) is 44.2 Å². The van der Waals surface area contributed by atoms with Crippen LogP contribution < -0.4 is 10.6 Å². The van der Waals surface area contributed by atoms with Gasteiger partial charge in [0.05, 0.1) is 11.1 Å². The average Bonchev–Trinajstić information content (AvgIpc) is 2.63. The fourth-order valence-electron chi connectivity index (χ4n) is 2.31. The van der Waals surface area contributed by atoms with E-state index in [0.717, 1.165) is 31.6 Å². The highest BCUT2D eigenvalue weighted by Gasteiger charge is 2.06. The van der Waals surface area contributed by atoms with E-state index in [0.29, 0.717) is 18.3 Å². The zero-order valence-electron chi connectivity index (χ0n) is 14.9. The molecule has 0 bridgehead atoms. The van der Waals surface area contributed by atoms with Gasteiger partial charge in [0, 0.05) is 34.7 Å². The number of anilines is 3. The third-order valence-corrected chi connectivity index (χ3v) is 4.88. The summed E-state index contributed by atoms with van der Waals surface area (Å²) in [7, 11) is 0. The smallest absolute Gasteiger partial charge is 0.229 e. The topological polar surface area (TPSA) is 95.9 Å². The van der Waals surface area contributed by atoms with Crippen molar-refractivity contribution < 1.29 is 5.11 Å². The van der Waals surface area contributed by atoms with E-state index >= 15 is 0 Å². The molecule has 0 amide bonds. The number of aryl methyl sites for hydroxylation is 2. The van der Waals surface area contributed by atoms with Crippen LogP contribution >= 0.6 is 27.7 Å². The third kappa shape index (κ3) is 5.62. The molecule has 3 rings (SSSR count). The molecule has 0 aliphatic rings. The van der Waals surface area contributed by atoms with Crippen LogP contribution in [0.5, 0.6) is 0 Å². The lowest BCUT2D eigenvalue weighted by atomic mass is 10.3. The van der Waals surface area contributed by atoms with Gasteiger partial charge in [0.25, 0.3) is 0 Å². The molecule has 2 heterocycles. The molecule has 3 aromatic rings. The zero-order chi connectivity index (χ0) is 19.2. The first-order valence-corrected chi connectivity index (χ1v) is 9.89. The van der Waals surface area contributed by atoms with Crippen molar-refractivity contribution in [1.82, 2.24) is 19.9 Å². The van der Waals surface area contributed by atoms with Crippen molar-refractivity contribution in [3.05, 3.63) is 52.4 Å². The Labute approximate surface area is 170 Å². The van der Waals surface area contributed by atoms with Crippen LogP contribution in [0, 0.1) is 13.8 Å². The molecular formula is C18H19BrN6OS. The van der Waals surface area contributed by atoms with Crippen molar-refractivity contribution in [3.63, 3.8) is 0 Å². The minimum atomic E-state index is 0.0303. The number of aliphatic hydroxyl groups is 1. The molecule has 27 heavy (non-hydrogen) atoms. The Morgan fingerprint density at radius 2 is 1.78 bits per heavy atom. The summed E-state index contributed by atoms with van der Waals surface area (Å²) in [6.45, 7) is 4.38. The van der Waals surface area contributed by atoms with Crippen LogP contribution in [-0.4, -0.2) is 38.2 Å². The summed E-state index contributed by atoms with van der Waals surface area (Å²) in [5, 5.41) is 15.9. The van der Waals surface area contributed by atoms with E-state index < -0.39 is 0 Å². The first kappa shape index (κ1) is 19.5. The molecule has 3 N–H and O–H groups in total. The van der Waals surface area contributed by atoms with Crippen LogP contribution in [0.3, 0.4) is 0 Å². The molecule has 0 radical (unpaired) electrons. The maximum absolute atomic E-state index is 8.94. The Morgan fingerprint density at radius 1 is 1.07 bits per heavy atom. The quantitative estimate of drug-likeness (QED) is 0.469. The van der Waals surface area contributed by atoms with Crippen molar-refractivity contribution in [2.75, 3.05) is 23.8 Å². The van der Waals surface area contributed by atoms with Gasteiger partial charge in [-0.2, -0.15) is 4.98 Å². The Morgan fingerprint density at radius 3 is 2.44 bits per heavy atom. The molecule has 0 atom stereocenters. The van der Waals surface area contributed by atoms with E-state index in [4.69, 9.17) is 5.11 Å². The van der Waals surface area contributed by atoms with Crippen molar-refractivity contribution in [1.29, 1.82) is 0 Å². The lowest BCUT2D eigenvalue weighted by Crippen LogP contribution is -2.09. The molecule has 0 saturated carbocycles. The molecule has 2 aromatic heterocycles. The van der Waals surface area contributed by atoms with Gasteiger partial charge in [-0.25, -0.2) is 15.0 Å². The van der Waals surface area contributed by atoms with Crippen molar-refractivity contribution >= 4 is 45.1 Å². The summed E-state index contributed by atoms with van der Waals surface area (Å²) in [5.41, 5.74) is 2.79. The average molecular weight is 447 g/mol. The molecule has 7 nitrogen and oxygen atoms in total. The summed E-state index contributed by atoms with van der Waals surface area (Å²) < 4.78 is 0.738. The number of halogens is 1. The Bertz CT molecular complexity index is 902. The second-order valence-electron chi connectivity index (χ2n) is 5.73. The molecule has 0 aliphatic carbocycles. The van der Waals surface area contributed by atoms with Crippen LogP contribution in [0.4, 0.5) is 17.5 Å². The molecule has 0 aliphatic heterocycles. The van der Waals surface area contributed by atoms with Gasteiger partial charge in [-0.05, 0) is 71.9 Å².